The molecule has 0 amide bonds. The van der Waals surface area contributed by atoms with E-state index < -0.39 is 0 Å². The lowest BCUT2D eigenvalue weighted by molar-refractivity contribution is 0.0978. The predicted molar refractivity (Wildman–Crippen MR) is 55.8 cm³/mol. The third kappa shape index (κ3) is 1.39. The number of ketones is 1. The molecule has 0 saturated heterocycles. The van der Waals surface area contributed by atoms with Crippen LogP contribution in [0.25, 0.3) is 0 Å². The van der Waals surface area contributed by atoms with E-state index in [4.69, 9.17) is 0 Å². The maximum atomic E-state index is 11.6. The second-order valence-corrected chi connectivity index (χ2v) is 3.60. The summed E-state index contributed by atoms with van der Waals surface area (Å²) in [6, 6.07) is 2.05. The van der Waals surface area contributed by atoms with E-state index in [-0.39, 0.29) is 5.78 Å². The summed E-state index contributed by atoms with van der Waals surface area (Å²) < 4.78 is 0. The number of fused-ring (bicyclic) bond motifs is 1. The molecule has 0 spiro atoms. The van der Waals surface area contributed by atoms with E-state index in [1.165, 1.54) is 5.56 Å². The van der Waals surface area contributed by atoms with Crippen LogP contribution in [0.1, 0.15) is 35.1 Å². The summed E-state index contributed by atoms with van der Waals surface area (Å²) in [5, 5.41) is 3.26. The van der Waals surface area contributed by atoms with Crippen LogP contribution in [0.2, 0.25) is 0 Å². The summed E-state index contributed by atoms with van der Waals surface area (Å²) >= 11 is 0. The van der Waals surface area contributed by atoms with Gasteiger partial charge < -0.3 is 5.32 Å². The Morgan fingerprint density at radius 3 is 3.07 bits per heavy atom. The highest BCUT2D eigenvalue weighted by Gasteiger charge is 2.20. The van der Waals surface area contributed by atoms with E-state index in [1.54, 1.807) is 0 Å². The van der Waals surface area contributed by atoms with E-state index in [1.807, 2.05) is 13.0 Å². The molecule has 0 atom stereocenters. The van der Waals surface area contributed by atoms with Crippen molar-refractivity contribution in [3.63, 3.8) is 0 Å². The number of Topliss-reactive ketones (excluding diaryl/α,β-unsaturated/α-hetero) is 1. The summed E-state index contributed by atoms with van der Waals surface area (Å²) in [7, 11) is 0. The Balaban J connectivity index is 2.60. The number of hydrogen-bond acceptors (Lipinski definition) is 3. The van der Waals surface area contributed by atoms with Gasteiger partial charge in [0.25, 0.3) is 0 Å². The molecule has 3 nitrogen and oxygen atoms in total. The highest BCUT2D eigenvalue weighted by molar-refractivity contribution is 6.01. The summed E-state index contributed by atoms with van der Waals surface area (Å²) in [6.07, 6.45) is 1.50. The van der Waals surface area contributed by atoms with E-state index >= 15 is 0 Å². The van der Waals surface area contributed by atoms with Gasteiger partial charge in [-0.2, -0.15) is 0 Å². The summed E-state index contributed by atoms with van der Waals surface area (Å²) in [5.41, 5.74) is 3.71. The molecule has 1 aliphatic heterocycles. The average Bonchev–Trinajstić information content (AvgIpc) is 2.18. The predicted octanol–water partition coefficient (Wildman–Crippen LogP) is 1.95. The van der Waals surface area contributed by atoms with Crippen molar-refractivity contribution in [1.29, 1.82) is 0 Å². The molecule has 2 rings (SSSR count). The molecule has 0 radical (unpaired) electrons. The van der Waals surface area contributed by atoms with E-state index in [9.17, 15) is 4.79 Å². The molecule has 0 bridgehead atoms. The SMILES string of the molecule is CCc1cc(C)nc2c1NCCC2=O. The average molecular weight is 190 g/mol. The Labute approximate surface area is 83.5 Å². The van der Waals surface area contributed by atoms with Crippen LogP contribution in [-0.2, 0) is 6.42 Å². The number of carbonyl (C=O) groups excluding carboxylic acids is 1. The zero-order valence-electron chi connectivity index (χ0n) is 8.55. The minimum Gasteiger partial charge on any atom is -0.383 e. The fraction of sp³-hybridized carbons (Fsp3) is 0.455. The molecule has 0 aromatic carbocycles. The highest BCUT2D eigenvalue weighted by atomic mass is 16.1. The molecular weight excluding hydrogens is 176 g/mol. The van der Waals surface area contributed by atoms with Crippen LogP contribution in [0.15, 0.2) is 6.07 Å². The van der Waals surface area contributed by atoms with Crippen LogP contribution in [0.3, 0.4) is 0 Å². The maximum absolute atomic E-state index is 11.6. The summed E-state index contributed by atoms with van der Waals surface area (Å²) in [5.74, 6) is 0.164. The number of nitrogens with zero attached hydrogens (tertiary/aromatic N) is 1. The van der Waals surface area contributed by atoms with Crippen molar-refractivity contribution in [3.05, 3.63) is 23.0 Å². The van der Waals surface area contributed by atoms with Crippen molar-refractivity contribution < 1.29 is 4.79 Å². The normalized spacial score (nSPS) is 14.9. The number of anilines is 1. The molecule has 2 heterocycles. The van der Waals surface area contributed by atoms with E-state index in [0.717, 1.165) is 24.3 Å². The Bertz CT molecular complexity index is 385. The lowest BCUT2D eigenvalue weighted by atomic mass is 10.0. The van der Waals surface area contributed by atoms with Crippen molar-refractivity contribution in [1.82, 2.24) is 4.98 Å². The topological polar surface area (TPSA) is 42.0 Å². The number of nitrogens with one attached hydrogen (secondary N) is 1. The fourth-order valence-electron chi connectivity index (χ4n) is 1.84. The molecule has 74 valence electrons. The molecule has 14 heavy (non-hydrogen) atoms. The van der Waals surface area contributed by atoms with Crippen LogP contribution in [-0.4, -0.2) is 17.3 Å². The van der Waals surface area contributed by atoms with Gasteiger partial charge in [0.15, 0.2) is 5.78 Å². The Hall–Kier alpha value is -1.38. The van der Waals surface area contributed by atoms with Crippen LogP contribution >= 0.6 is 0 Å². The first-order chi connectivity index (χ1) is 6.72. The number of carbonyl (C=O) groups is 1. The van der Waals surface area contributed by atoms with Gasteiger partial charge in [0.1, 0.15) is 5.69 Å². The number of aromatic nitrogens is 1. The monoisotopic (exact) mass is 190 g/mol. The van der Waals surface area contributed by atoms with Crippen LogP contribution in [0, 0.1) is 6.92 Å². The van der Waals surface area contributed by atoms with Crippen LogP contribution in [0.5, 0.6) is 0 Å². The largest absolute Gasteiger partial charge is 0.383 e. The first kappa shape index (κ1) is 9.19. The van der Waals surface area contributed by atoms with Crippen molar-refractivity contribution >= 4 is 11.5 Å². The number of aryl methyl sites for hydroxylation is 2. The molecule has 0 saturated carbocycles. The first-order valence-electron chi connectivity index (χ1n) is 5.00. The Morgan fingerprint density at radius 1 is 1.57 bits per heavy atom. The lowest BCUT2D eigenvalue weighted by Gasteiger charge is -2.19. The first-order valence-corrected chi connectivity index (χ1v) is 5.00. The molecule has 0 unspecified atom stereocenters. The summed E-state index contributed by atoms with van der Waals surface area (Å²) in [4.78, 5) is 15.9. The minimum atomic E-state index is 0.164. The van der Waals surface area contributed by atoms with Gasteiger partial charge in [-0.3, -0.25) is 4.79 Å². The van der Waals surface area contributed by atoms with Gasteiger partial charge in [0.2, 0.25) is 0 Å². The molecule has 1 N–H and O–H groups in total. The molecular formula is C11H14N2O. The molecule has 0 fully saturated rings. The second-order valence-electron chi connectivity index (χ2n) is 3.60. The van der Waals surface area contributed by atoms with Crippen molar-refractivity contribution in [2.24, 2.45) is 0 Å². The van der Waals surface area contributed by atoms with E-state index in [2.05, 4.69) is 17.2 Å². The van der Waals surface area contributed by atoms with Gasteiger partial charge in [-0.15, -0.1) is 0 Å². The highest BCUT2D eigenvalue weighted by Crippen LogP contribution is 2.25. The zero-order valence-corrected chi connectivity index (χ0v) is 8.55. The minimum absolute atomic E-state index is 0.164. The molecule has 0 aliphatic carbocycles. The lowest BCUT2D eigenvalue weighted by Crippen LogP contribution is -2.21. The van der Waals surface area contributed by atoms with Gasteiger partial charge in [0, 0.05) is 18.7 Å². The molecule has 1 aromatic heterocycles. The molecule has 1 aromatic rings. The smallest absolute Gasteiger partial charge is 0.185 e. The van der Waals surface area contributed by atoms with Gasteiger partial charge in [-0.1, -0.05) is 6.92 Å². The molecule has 3 heteroatoms. The van der Waals surface area contributed by atoms with Crippen LogP contribution < -0.4 is 5.32 Å². The third-order valence-electron chi connectivity index (χ3n) is 2.53. The second kappa shape index (κ2) is 3.40. The van der Waals surface area contributed by atoms with Gasteiger partial charge in [-0.25, -0.2) is 4.98 Å². The number of rotatable bonds is 1. The van der Waals surface area contributed by atoms with Gasteiger partial charge >= 0.3 is 0 Å². The van der Waals surface area contributed by atoms with E-state index in [0.29, 0.717) is 12.1 Å². The standard InChI is InChI=1S/C11H14N2O/c1-3-8-6-7(2)13-11-9(14)4-5-12-10(8)11/h6,12H,3-5H2,1-2H3. The summed E-state index contributed by atoms with van der Waals surface area (Å²) in [6.45, 7) is 4.76. The van der Waals surface area contributed by atoms with Crippen LogP contribution in [0.4, 0.5) is 5.69 Å². The Morgan fingerprint density at radius 2 is 2.36 bits per heavy atom. The molecule has 1 aliphatic rings. The van der Waals surface area contributed by atoms with Crippen molar-refractivity contribution in [2.45, 2.75) is 26.7 Å². The van der Waals surface area contributed by atoms with Gasteiger partial charge in [0.05, 0.1) is 5.69 Å². The Kier molecular flexibility index (Phi) is 2.23. The van der Waals surface area contributed by atoms with Crippen molar-refractivity contribution in [2.75, 3.05) is 11.9 Å². The number of hydrogen-bond donors (Lipinski definition) is 1. The maximum Gasteiger partial charge on any atom is 0.185 e. The number of pyridine rings is 1. The van der Waals surface area contributed by atoms with Gasteiger partial charge in [-0.05, 0) is 25.0 Å². The van der Waals surface area contributed by atoms with Crippen molar-refractivity contribution in [3.8, 4) is 0 Å². The third-order valence-corrected chi connectivity index (χ3v) is 2.53. The quantitative estimate of drug-likeness (QED) is 0.736. The fourth-order valence-corrected chi connectivity index (χ4v) is 1.84. The zero-order chi connectivity index (χ0) is 10.1.